The molecule has 0 radical (unpaired) electrons. The molecule has 5 heteroatoms. The second-order valence-corrected chi connectivity index (χ2v) is 7.38. The number of thioether (sulfide) groups is 1. The minimum absolute atomic E-state index is 0.252. The molecule has 0 bridgehead atoms. The Labute approximate surface area is 167 Å². The van der Waals surface area contributed by atoms with Crippen LogP contribution in [-0.4, -0.2) is 22.7 Å². The van der Waals surface area contributed by atoms with Crippen molar-refractivity contribution in [1.29, 1.82) is 0 Å². The highest BCUT2D eigenvalue weighted by Crippen LogP contribution is 2.37. The number of nitrogens with zero attached hydrogens (tertiary/aromatic N) is 1. The summed E-state index contributed by atoms with van der Waals surface area (Å²) in [5, 5.41) is 1.79. The number of amides is 2. The lowest BCUT2D eigenvalue weighted by molar-refractivity contribution is -0.123. The summed E-state index contributed by atoms with van der Waals surface area (Å²) in [6.45, 7) is 2.72. The molecule has 0 N–H and O–H groups in total. The van der Waals surface area contributed by atoms with Crippen LogP contribution in [-0.2, 0) is 11.3 Å². The van der Waals surface area contributed by atoms with Crippen LogP contribution in [0.5, 0.6) is 5.75 Å². The molecule has 140 valence electrons. The lowest BCUT2D eigenvalue weighted by atomic mass is 10.0. The van der Waals surface area contributed by atoms with Crippen LogP contribution in [0.3, 0.4) is 0 Å². The van der Waals surface area contributed by atoms with Gasteiger partial charge in [-0.1, -0.05) is 60.7 Å². The molecule has 0 saturated carbocycles. The molecular formula is C23H19NO3S. The summed E-state index contributed by atoms with van der Waals surface area (Å²) in [6, 6.07) is 21.4. The van der Waals surface area contributed by atoms with Gasteiger partial charge in [0.25, 0.3) is 11.1 Å². The molecule has 3 aromatic carbocycles. The fourth-order valence-electron chi connectivity index (χ4n) is 3.24. The Morgan fingerprint density at radius 2 is 1.71 bits per heavy atom. The molecule has 4 nitrogen and oxygen atoms in total. The standard InChI is InChI=1S/C23H19NO3S/c1-2-27-20-13-12-17-10-6-7-11-18(17)19(20)14-21-22(25)24(23(26)28-21)15-16-8-4-3-5-9-16/h3-14H,2,15H2,1H3/b21-14-. The van der Waals surface area contributed by atoms with Crippen LogP contribution in [0.15, 0.2) is 71.6 Å². The smallest absolute Gasteiger partial charge is 0.293 e. The third kappa shape index (κ3) is 3.53. The maximum atomic E-state index is 12.9. The first-order chi connectivity index (χ1) is 13.7. The van der Waals surface area contributed by atoms with Crippen LogP contribution in [0.2, 0.25) is 0 Å². The van der Waals surface area contributed by atoms with Crippen molar-refractivity contribution in [1.82, 2.24) is 4.90 Å². The Kier molecular flexibility index (Phi) is 5.17. The largest absolute Gasteiger partial charge is 0.493 e. The number of rotatable bonds is 5. The zero-order chi connectivity index (χ0) is 19.5. The van der Waals surface area contributed by atoms with Crippen molar-refractivity contribution in [2.75, 3.05) is 6.61 Å². The Morgan fingerprint density at radius 1 is 0.964 bits per heavy atom. The highest BCUT2D eigenvalue weighted by Gasteiger charge is 2.35. The molecule has 1 saturated heterocycles. The van der Waals surface area contributed by atoms with Crippen molar-refractivity contribution in [2.24, 2.45) is 0 Å². The molecule has 2 amide bonds. The molecule has 1 fully saturated rings. The Hall–Kier alpha value is -3.05. The number of carbonyl (C=O) groups is 2. The molecule has 0 aromatic heterocycles. The predicted molar refractivity (Wildman–Crippen MR) is 113 cm³/mol. The van der Waals surface area contributed by atoms with Gasteiger partial charge < -0.3 is 4.74 Å². The van der Waals surface area contributed by atoms with Crippen LogP contribution in [0.1, 0.15) is 18.1 Å². The van der Waals surface area contributed by atoms with E-state index in [-0.39, 0.29) is 17.7 Å². The zero-order valence-corrected chi connectivity index (χ0v) is 16.2. The van der Waals surface area contributed by atoms with Gasteiger partial charge in [-0.3, -0.25) is 14.5 Å². The zero-order valence-electron chi connectivity index (χ0n) is 15.4. The molecule has 0 atom stereocenters. The quantitative estimate of drug-likeness (QED) is 0.543. The van der Waals surface area contributed by atoms with E-state index in [9.17, 15) is 9.59 Å². The summed E-state index contributed by atoms with van der Waals surface area (Å²) < 4.78 is 5.78. The molecule has 0 unspecified atom stereocenters. The van der Waals surface area contributed by atoms with E-state index in [0.717, 1.165) is 33.7 Å². The number of fused-ring (bicyclic) bond motifs is 1. The third-order valence-corrected chi connectivity index (χ3v) is 5.47. The van der Waals surface area contributed by atoms with Crippen LogP contribution >= 0.6 is 11.8 Å². The molecule has 1 aliphatic rings. The summed E-state index contributed by atoms with van der Waals surface area (Å²) in [5.41, 5.74) is 1.75. The van der Waals surface area contributed by atoms with Crippen LogP contribution in [0, 0.1) is 0 Å². The summed E-state index contributed by atoms with van der Waals surface area (Å²) >= 11 is 0.974. The predicted octanol–water partition coefficient (Wildman–Crippen LogP) is 5.48. The van der Waals surface area contributed by atoms with E-state index >= 15 is 0 Å². The van der Waals surface area contributed by atoms with Crippen molar-refractivity contribution in [3.63, 3.8) is 0 Å². The van der Waals surface area contributed by atoms with E-state index in [0.29, 0.717) is 17.3 Å². The van der Waals surface area contributed by atoms with Crippen LogP contribution in [0.25, 0.3) is 16.8 Å². The minimum Gasteiger partial charge on any atom is -0.493 e. The van der Waals surface area contributed by atoms with Crippen molar-refractivity contribution < 1.29 is 14.3 Å². The molecular weight excluding hydrogens is 370 g/mol. The van der Waals surface area contributed by atoms with Gasteiger partial charge in [-0.25, -0.2) is 0 Å². The van der Waals surface area contributed by atoms with E-state index in [1.165, 1.54) is 4.90 Å². The first kappa shape index (κ1) is 18.3. The summed E-state index contributed by atoms with van der Waals surface area (Å²) in [6.07, 6.45) is 1.78. The number of ether oxygens (including phenoxy) is 1. The molecule has 28 heavy (non-hydrogen) atoms. The molecule has 1 heterocycles. The van der Waals surface area contributed by atoms with Gasteiger partial charge in [0.1, 0.15) is 5.75 Å². The lowest BCUT2D eigenvalue weighted by Gasteiger charge is -2.13. The Morgan fingerprint density at radius 3 is 2.50 bits per heavy atom. The van der Waals surface area contributed by atoms with E-state index in [1.54, 1.807) is 6.08 Å². The van der Waals surface area contributed by atoms with E-state index in [2.05, 4.69) is 0 Å². The Bertz CT molecular complexity index is 1080. The normalized spacial score (nSPS) is 15.6. The third-order valence-electron chi connectivity index (χ3n) is 4.56. The topological polar surface area (TPSA) is 46.6 Å². The highest BCUT2D eigenvalue weighted by molar-refractivity contribution is 8.18. The van der Waals surface area contributed by atoms with Gasteiger partial charge in [0.2, 0.25) is 0 Å². The fourth-order valence-corrected chi connectivity index (χ4v) is 4.06. The summed E-state index contributed by atoms with van der Waals surface area (Å²) in [7, 11) is 0. The van der Waals surface area contributed by atoms with Gasteiger partial charge in [0.05, 0.1) is 18.1 Å². The number of carbonyl (C=O) groups excluding carboxylic acids is 2. The summed E-state index contributed by atoms with van der Waals surface area (Å²) in [4.78, 5) is 27.1. The minimum atomic E-state index is -0.269. The number of hydrogen-bond donors (Lipinski definition) is 0. The average Bonchev–Trinajstić information content (AvgIpc) is 2.98. The van der Waals surface area contributed by atoms with E-state index < -0.39 is 0 Å². The highest BCUT2D eigenvalue weighted by atomic mass is 32.2. The first-order valence-electron chi connectivity index (χ1n) is 9.11. The number of benzene rings is 3. The van der Waals surface area contributed by atoms with E-state index in [1.807, 2.05) is 73.7 Å². The van der Waals surface area contributed by atoms with Gasteiger partial charge in [0, 0.05) is 5.56 Å². The Balaban J connectivity index is 1.72. The van der Waals surface area contributed by atoms with Gasteiger partial charge in [-0.2, -0.15) is 0 Å². The molecule has 0 aliphatic carbocycles. The fraction of sp³-hybridized carbons (Fsp3) is 0.130. The van der Waals surface area contributed by atoms with Crippen LogP contribution < -0.4 is 4.74 Å². The van der Waals surface area contributed by atoms with Crippen molar-refractivity contribution in [3.8, 4) is 5.75 Å². The van der Waals surface area contributed by atoms with Gasteiger partial charge in [-0.15, -0.1) is 0 Å². The van der Waals surface area contributed by atoms with Gasteiger partial charge in [-0.05, 0) is 47.2 Å². The maximum absolute atomic E-state index is 12.9. The summed E-state index contributed by atoms with van der Waals surface area (Å²) in [5.74, 6) is 0.435. The molecule has 3 aromatic rings. The van der Waals surface area contributed by atoms with Crippen molar-refractivity contribution in [3.05, 3.63) is 82.8 Å². The molecule has 4 rings (SSSR count). The van der Waals surface area contributed by atoms with Gasteiger partial charge >= 0.3 is 0 Å². The number of hydrogen-bond acceptors (Lipinski definition) is 4. The molecule has 0 spiro atoms. The average molecular weight is 389 g/mol. The van der Waals surface area contributed by atoms with Crippen molar-refractivity contribution in [2.45, 2.75) is 13.5 Å². The maximum Gasteiger partial charge on any atom is 0.293 e. The van der Waals surface area contributed by atoms with Crippen molar-refractivity contribution >= 4 is 39.8 Å². The number of imide groups is 1. The van der Waals surface area contributed by atoms with Gasteiger partial charge in [0.15, 0.2) is 0 Å². The second kappa shape index (κ2) is 7.90. The van der Waals surface area contributed by atoms with Crippen LogP contribution in [0.4, 0.5) is 4.79 Å². The SMILES string of the molecule is CCOc1ccc2ccccc2c1/C=C1\SC(=O)N(Cc2ccccc2)C1=O. The first-order valence-corrected chi connectivity index (χ1v) is 9.93. The molecule has 1 aliphatic heterocycles. The monoisotopic (exact) mass is 389 g/mol. The lowest BCUT2D eigenvalue weighted by Crippen LogP contribution is -2.27. The second-order valence-electron chi connectivity index (χ2n) is 6.38. The van der Waals surface area contributed by atoms with E-state index in [4.69, 9.17) is 4.74 Å².